The molecule has 0 N–H and O–H groups in total. The number of amides is 1. The van der Waals surface area contributed by atoms with Crippen molar-refractivity contribution in [1.82, 2.24) is 9.21 Å². The molecule has 0 unspecified atom stereocenters. The summed E-state index contributed by atoms with van der Waals surface area (Å²) in [5, 5.41) is 0.352. The fourth-order valence-electron chi connectivity index (χ4n) is 2.87. The third-order valence-electron chi connectivity index (χ3n) is 4.32. The number of sulfonamides is 1. The van der Waals surface area contributed by atoms with Crippen LogP contribution in [0.3, 0.4) is 0 Å². The summed E-state index contributed by atoms with van der Waals surface area (Å²) in [6.45, 7) is 0.926. The molecule has 1 fully saturated rings. The molecular formula is C18H18ClFN2O3S. The lowest BCUT2D eigenvalue weighted by Crippen LogP contribution is -2.50. The van der Waals surface area contributed by atoms with Crippen LogP contribution in [-0.4, -0.2) is 49.7 Å². The zero-order chi connectivity index (χ0) is 18.7. The Bertz CT molecular complexity index is 912. The van der Waals surface area contributed by atoms with E-state index in [9.17, 15) is 17.6 Å². The van der Waals surface area contributed by atoms with Gasteiger partial charge in [-0.15, -0.1) is 0 Å². The maximum atomic E-state index is 13.7. The lowest BCUT2D eigenvalue weighted by Gasteiger charge is -2.34. The molecule has 0 aromatic heterocycles. The average Bonchev–Trinajstić information content (AvgIpc) is 2.63. The van der Waals surface area contributed by atoms with Gasteiger partial charge in [-0.25, -0.2) is 12.8 Å². The first kappa shape index (κ1) is 18.8. The van der Waals surface area contributed by atoms with Crippen molar-refractivity contribution in [2.45, 2.75) is 11.3 Å². The molecule has 5 nitrogen and oxygen atoms in total. The SMILES string of the molecule is O=C(Cc1ccccc1F)N1CCN(S(=O)(=O)c2cccc(Cl)c2)CC1. The van der Waals surface area contributed by atoms with E-state index in [2.05, 4.69) is 0 Å². The van der Waals surface area contributed by atoms with Crippen LogP contribution in [0.4, 0.5) is 4.39 Å². The number of hydrogen-bond donors (Lipinski definition) is 0. The fraction of sp³-hybridized carbons (Fsp3) is 0.278. The summed E-state index contributed by atoms with van der Waals surface area (Å²) >= 11 is 5.88. The normalized spacial score (nSPS) is 15.8. The molecule has 2 aromatic rings. The van der Waals surface area contributed by atoms with E-state index in [0.29, 0.717) is 10.6 Å². The number of halogens is 2. The Kier molecular flexibility index (Phi) is 5.60. The minimum absolute atomic E-state index is 0.0340. The Morgan fingerprint density at radius 3 is 2.38 bits per heavy atom. The first-order valence-electron chi connectivity index (χ1n) is 8.15. The van der Waals surface area contributed by atoms with E-state index in [1.165, 1.54) is 22.5 Å². The van der Waals surface area contributed by atoms with Crippen LogP contribution in [0.1, 0.15) is 5.56 Å². The molecule has 3 rings (SSSR count). The van der Waals surface area contributed by atoms with Crippen molar-refractivity contribution in [1.29, 1.82) is 0 Å². The summed E-state index contributed by atoms with van der Waals surface area (Å²) in [6, 6.07) is 12.3. The highest BCUT2D eigenvalue weighted by Gasteiger charge is 2.30. The van der Waals surface area contributed by atoms with Crippen LogP contribution in [0.5, 0.6) is 0 Å². The van der Waals surface area contributed by atoms with Crippen molar-refractivity contribution >= 4 is 27.5 Å². The van der Waals surface area contributed by atoms with Crippen LogP contribution in [0.25, 0.3) is 0 Å². The maximum Gasteiger partial charge on any atom is 0.243 e. The van der Waals surface area contributed by atoms with Gasteiger partial charge in [-0.1, -0.05) is 35.9 Å². The molecular weight excluding hydrogens is 379 g/mol. The number of carbonyl (C=O) groups excluding carboxylic acids is 1. The summed E-state index contributed by atoms with van der Waals surface area (Å²) in [6.07, 6.45) is -0.0340. The van der Waals surface area contributed by atoms with Gasteiger partial charge in [-0.2, -0.15) is 4.31 Å². The van der Waals surface area contributed by atoms with Gasteiger partial charge in [0, 0.05) is 31.2 Å². The van der Waals surface area contributed by atoms with Gasteiger partial charge in [0.1, 0.15) is 5.82 Å². The van der Waals surface area contributed by atoms with Crippen molar-refractivity contribution in [3.63, 3.8) is 0 Å². The fourth-order valence-corrected chi connectivity index (χ4v) is 4.59. The predicted molar refractivity (Wildman–Crippen MR) is 96.9 cm³/mol. The second-order valence-electron chi connectivity index (χ2n) is 6.01. The van der Waals surface area contributed by atoms with E-state index in [1.54, 1.807) is 35.2 Å². The van der Waals surface area contributed by atoms with Crippen molar-refractivity contribution < 1.29 is 17.6 Å². The van der Waals surface area contributed by atoms with Crippen molar-refractivity contribution in [2.75, 3.05) is 26.2 Å². The van der Waals surface area contributed by atoms with E-state index in [4.69, 9.17) is 11.6 Å². The summed E-state index contributed by atoms with van der Waals surface area (Å²) in [4.78, 5) is 14.1. The Morgan fingerprint density at radius 2 is 1.73 bits per heavy atom. The highest BCUT2D eigenvalue weighted by atomic mass is 35.5. The molecule has 0 aliphatic carbocycles. The molecule has 0 radical (unpaired) electrons. The number of rotatable bonds is 4. The van der Waals surface area contributed by atoms with Crippen molar-refractivity contribution in [3.8, 4) is 0 Å². The third kappa shape index (κ3) is 4.06. The third-order valence-corrected chi connectivity index (χ3v) is 6.45. The lowest BCUT2D eigenvalue weighted by atomic mass is 10.1. The van der Waals surface area contributed by atoms with Gasteiger partial charge in [0.05, 0.1) is 11.3 Å². The van der Waals surface area contributed by atoms with Crippen LogP contribution in [0.15, 0.2) is 53.4 Å². The summed E-state index contributed by atoms with van der Waals surface area (Å²) in [7, 11) is -3.65. The molecule has 138 valence electrons. The van der Waals surface area contributed by atoms with E-state index >= 15 is 0 Å². The Labute approximate surface area is 157 Å². The summed E-state index contributed by atoms with van der Waals surface area (Å²) in [5.41, 5.74) is 0.339. The monoisotopic (exact) mass is 396 g/mol. The number of nitrogens with zero attached hydrogens (tertiary/aromatic N) is 2. The quantitative estimate of drug-likeness (QED) is 0.798. The van der Waals surface area contributed by atoms with Gasteiger partial charge < -0.3 is 4.90 Å². The zero-order valence-electron chi connectivity index (χ0n) is 13.9. The minimum atomic E-state index is -3.65. The maximum absolute atomic E-state index is 13.7. The van der Waals surface area contributed by atoms with Crippen LogP contribution in [-0.2, 0) is 21.2 Å². The van der Waals surface area contributed by atoms with Crippen LogP contribution < -0.4 is 0 Å². The standard InChI is InChI=1S/C18H18ClFN2O3S/c19-15-5-3-6-16(13-15)26(24,25)22-10-8-21(9-11-22)18(23)12-14-4-1-2-7-17(14)20/h1-7,13H,8-12H2. The van der Waals surface area contributed by atoms with Gasteiger partial charge in [-0.05, 0) is 29.8 Å². The predicted octanol–water partition coefficient (Wildman–Crippen LogP) is 2.55. The number of hydrogen-bond acceptors (Lipinski definition) is 3. The first-order chi connectivity index (χ1) is 12.4. The van der Waals surface area contributed by atoms with E-state index < -0.39 is 15.8 Å². The number of carbonyl (C=O) groups is 1. The minimum Gasteiger partial charge on any atom is -0.340 e. The zero-order valence-corrected chi connectivity index (χ0v) is 15.5. The first-order valence-corrected chi connectivity index (χ1v) is 9.96. The Hall–Kier alpha value is -1.96. The van der Waals surface area contributed by atoms with Crippen molar-refractivity contribution in [3.05, 3.63) is 64.9 Å². The molecule has 0 atom stereocenters. The molecule has 8 heteroatoms. The van der Waals surface area contributed by atoms with Gasteiger partial charge in [0.25, 0.3) is 0 Å². The highest BCUT2D eigenvalue weighted by molar-refractivity contribution is 7.89. The smallest absolute Gasteiger partial charge is 0.243 e. The molecule has 1 heterocycles. The Morgan fingerprint density at radius 1 is 1.04 bits per heavy atom. The molecule has 1 amide bonds. The summed E-state index contributed by atoms with van der Waals surface area (Å²) in [5.74, 6) is -0.627. The van der Waals surface area contributed by atoms with Gasteiger partial charge in [0.15, 0.2) is 0 Å². The van der Waals surface area contributed by atoms with Gasteiger partial charge in [-0.3, -0.25) is 4.79 Å². The topological polar surface area (TPSA) is 57.7 Å². The molecule has 1 saturated heterocycles. The molecule has 2 aromatic carbocycles. The second-order valence-corrected chi connectivity index (χ2v) is 8.38. The molecule has 1 aliphatic rings. The molecule has 0 spiro atoms. The largest absolute Gasteiger partial charge is 0.340 e. The number of piperazine rings is 1. The lowest BCUT2D eigenvalue weighted by molar-refractivity contribution is -0.131. The van der Waals surface area contributed by atoms with E-state index in [-0.39, 0.29) is 43.4 Å². The Balaban J connectivity index is 1.64. The molecule has 1 aliphatic heterocycles. The van der Waals surface area contributed by atoms with Crippen LogP contribution >= 0.6 is 11.6 Å². The molecule has 0 saturated carbocycles. The highest BCUT2D eigenvalue weighted by Crippen LogP contribution is 2.21. The second kappa shape index (κ2) is 7.73. The van der Waals surface area contributed by atoms with Gasteiger partial charge >= 0.3 is 0 Å². The van der Waals surface area contributed by atoms with E-state index in [1.807, 2.05) is 0 Å². The van der Waals surface area contributed by atoms with Gasteiger partial charge in [0.2, 0.25) is 15.9 Å². The summed E-state index contributed by atoms with van der Waals surface area (Å²) < 4.78 is 40.4. The molecule has 26 heavy (non-hydrogen) atoms. The van der Waals surface area contributed by atoms with Crippen LogP contribution in [0, 0.1) is 5.82 Å². The molecule has 0 bridgehead atoms. The number of benzene rings is 2. The van der Waals surface area contributed by atoms with Crippen molar-refractivity contribution in [2.24, 2.45) is 0 Å². The van der Waals surface area contributed by atoms with Crippen LogP contribution in [0.2, 0.25) is 5.02 Å². The van der Waals surface area contributed by atoms with E-state index in [0.717, 1.165) is 0 Å². The average molecular weight is 397 g/mol.